The molecule has 0 amide bonds. The summed E-state index contributed by atoms with van der Waals surface area (Å²) in [4.78, 5) is 23.6. The Hall–Kier alpha value is -0.940. The normalized spacial score (nSPS) is 24.2. The topological polar surface area (TPSA) is 69.6 Å². The number of aliphatic carboxylic acids is 1. The average Bonchev–Trinajstić information content (AvgIpc) is 2.72. The van der Waals surface area contributed by atoms with Gasteiger partial charge in [0.05, 0.1) is 12.5 Å². The summed E-state index contributed by atoms with van der Waals surface area (Å²) in [5, 5.41) is 11.9. The zero-order valence-corrected chi connectivity index (χ0v) is 10.6. The molecule has 0 aliphatic carbocycles. The number of carboxylic acids is 1. The molecule has 0 bridgehead atoms. The van der Waals surface area contributed by atoms with E-state index in [0.717, 1.165) is 25.8 Å². The summed E-state index contributed by atoms with van der Waals surface area (Å²) in [5.74, 6) is -0.542. The highest BCUT2D eigenvalue weighted by Crippen LogP contribution is 2.15. The maximum atomic E-state index is 11.2. The quantitative estimate of drug-likeness (QED) is 0.680. The Bertz CT molecular complexity index is 281. The molecule has 17 heavy (non-hydrogen) atoms. The van der Waals surface area contributed by atoms with E-state index in [2.05, 4.69) is 5.32 Å². The zero-order valence-electron chi connectivity index (χ0n) is 10.6. The van der Waals surface area contributed by atoms with E-state index in [-0.39, 0.29) is 18.2 Å². The van der Waals surface area contributed by atoms with E-state index in [9.17, 15) is 9.59 Å². The van der Waals surface area contributed by atoms with Gasteiger partial charge in [-0.05, 0) is 39.8 Å². The number of ketones is 1. The van der Waals surface area contributed by atoms with Crippen molar-refractivity contribution in [1.29, 1.82) is 0 Å². The Labute approximate surface area is 102 Å². The van der Waals surface area contributed by atoms with Crippen molar-refractivity contribution in [3.63, 3.8) is 0 Å². The largest absolute Gasteiger partial charge is 0.481 e. The Balaban J connectivity index is 2.14. The predicted molar refractivity (Wildman–Crippen MR) is 65.0 cm³/mol. The fourth-order valence-corrected chi connectivity index (χ4v) is 2.14. The van der Waals surface area contributed by atoms with Gasteiger partial charge in [0.2, 0.25) is 0 Å². The van der Waals surface area contributed by atoms with Crippen molar-refractivity contribution >= 4 is 11.8 Å². The Morgan fingerprint density at radius 1 is 1.35 bits per heavy atom. The molecule has 1 fully saturated rings. The molecule has 98 valence electrons. The van der Waals surface area contributed by atoms with E-state index in [0.29, 0.717) is 12.6 Å². The molecule has 0 spiro atoms. The number of hydrogen-bond donors (Lipinski definition) is 2. The summed E-state index contributed by atoms with van der Waals surface area (Å²) in [6.45, 7) is 3.08. The molecule has 5 nitrogen and oxygen atoms in total. The SMILES string of the molecule is CC(=O)C1CCC(CCN(C)CCC(=O)O)N1. The smallest absolute Gasteiger partial charge is 0.304 e. The molecule has 2 atom stereocenters. The number of carboxylic acid groups (broad SMARTS) is 1. The van der Waals surface area contributed by atoms with E-state index >= 15 is 0 Å². The molecule has 0 aromatic rings. The minimum absolute atomic E-state index is 0.0318. The number of Topliss-reactive ketones (excluding diaryl/α,β-unsaturated/α-hetero) is 1. The van der Waals surface area contributed by atoms with Gasteiger partial charge in [-0.1, -0.05) is 0 Å². The van der Waals surface area contributed by atoms with E-state index in [1.807, 2.05) is 11.9 Å². The number of nitrogens with zero attached hydrogens (tertiary/aromatic N) is 1. The van der Waals surface area contributed by atoms with Gasteiger partial charge in [-0.3, -0.25) is 9.59 Å². The second-order valence-electron chi connectivity index (χ2n) is 4.84. The van der Waals surface area contributed by atoms with Crippen LogP contribution >= 0.6 is 0 Å². The first-order valence-corrected chi connectivity index (χ1v) is 6.16. The van der Waals surface area contributed by atoms with Crippen molar-refractivity contribution in [2.45, 2.75) is 44.7 Å². The third kappa shape index (κ3) is 5.28. The van der Waals surface area contributed by atoms with Crippen LogP contribution in [0, 0.1) is 0 Å². The lowest BCUT2D eigenvalue weighted by molar-refractivity contribution is -0.137. The Morgan fingerprint density at radius 2 is 2.06 bits per heavy atom. The van der Waals surface area contributed by atoms with Crippen LogP contribution < -0.4 is 5.32 Å². The molecule has 0 radical (unpaired) electrons. The van der Waals surface area contributed by atoms with Crippen molar-refractivity contribution in [1.82, 2.24) is 10.2 Å². The molecule has 0 aromatic heterocycles. The van der Waals surface area contributed by atoms with Crippen LogP contribution in [0.1, 0.15) is 32.6 Å². The van der Waals surface area contributed by atoms with Gasteiger partial charge in [-0.15, -0.1) is 0 Å². The van der Waals surface area contributed by atoms with Gasteiger partial charge < -0.3 is 15.3 Å². The monoisotopic (exact) mass is 242 g/mol. The third-order valence-corrected chi connectivity index (χ3v) is 3.30. The molecule has 1 saturated heterocycles. The lowest BCUT2D eigenvalue weighted by atomic mass is 10.1. The van der Waals surface area contributed by atoms with Gasteiger partial charge in [0.1, 0.15) is 5.78 Å². The second kappa shape index (κ2) is 6.71. The molecule has 0 saturated carbocycles. The summed E-state index contributed by atoms with van der Waals surface area (Å²) in [5.41, 5.74) is 0. The maximum Gasteiger partial charge on any atom is 0.304 e. The van der Waals surface area contributed by atoms with Crippen molar-refractivity contribution in [2.75, 3.05) is 20.1 Å². The minimum atomic E-state index is -0.757. The number of hydrogen-bond acceptors (Lipinski definition) is 4. The molecular formula is C12H22N2O3. The van der Waals surface area contributed by atoms with Crippen molar-refractivity contribution in [3.05, 3.63) is 0 Å². The molecule has 1 heterocycles. The summed E-state index contributed by atoms with van der Waals surface area (Å²) in [6.07, 6.45) is 3.13. The van der Waals surface area contributed by atoms with Crippen molar-refractivity contribution < 1.29 is 14.7 Å². The van der Waals surface area contributed by atoms with E-state index in [4.69, 9.17) is 5.11 Å². The Kier molecular flexibility index (Phi) is 5.58. The van der Waals surface area contributed by atoms with E-state index in [1.54, 1.807) is 6.92 Å². The van der Waals surface area contributed by atoms with Crippen LogP contribution in [0.4, 0.5) is 0 Å². The fourth-order valence-electron chi connectivity index (χ4n) is 2.14. The summed E-state index contributed by atoms with van der Waals surface area (Å²) >= 11 is 0. The zero-order chi connectivity index (χ0) is 12.8. The average molecular weight is 242 g/mol. The predicted octanol–water partition coefficient (Wildman–Crippen LogP) is 0.493. The maximum absolute atomic E-state index is 11.2. The first kappa shape index (κ1) is 14.1. The van der Waals surface area contributed by atoms with Gasteiger partial charge in [-0.25, -0.2) is 0 Å². The molecule has 1 rings (SSSR count). The second-order valence-corrected chi connectivity index (χ2v) is 4.84. The van der Waals surface area contributed by atoms with Gasteiger partial charge >= 0.3 is 5.97 Å². The Morgan fingerprint density at radius 3 is 2.59 bits per heavy atom. The van der Waals surface area contributed by atoms with E-state index in [1.165, 1.54) is 0 Å². The lowest BCUT2D eigenvalue weighted by Gasteiger charge is -2.18. The van der Waals surface area contributed by atoms with Crippen LogP contribution in [-0.4, -0.2) is 54.0 Å². The first-order chi connectivity index (χ1) is 7.99. The van der Waals surface area contributed by atoms with Crippen LogP contribution in [0.2, 0.25) is 0 Å². The molecule has 2 N–H and O–H groups in total. The van der Waals surface area contributed by atoms with Gasteiger partial charge in [-0.2, -0.15) is 0 Å². The number of nitrogens with one attached hydrogen (secondary N) is 1. The standard InChI is InChI=1S/C12H22N2O3/c1-9(15)11-4-3-10(13-11)5-7-14(2)8-6-12(16)17/h10-11,13H,3-8H2,1-2H3,(H,16,17). The molecular weight excluding hydrogens is 220 g/mol. The molecule has 0 aromatic carbocycles. The highest BCUT2D eigenvalue weighted by molar-refractivity contribution is 5.81. The number of carbonyl (C=O) groups excluding carboxylic acids is 1. The van der Waals surface area contributed by atoms with Crippen molar-refractivity contribution in [3.8, 4) is 0 Å². The van der Waals surface area contributed by atoms with E-state index < -0.39 is 5.97 Å². The highest BCUT2D eigenvalue weighted by atomic mass is 16.4. The molecule has 1 aliphatic rings. The number of carbonyl (C=O) groups is 2. The van der Waals surface area contributed by atoms with Crippen LogP contribution in [0.5, 0.6) is 0 Å². The van der Waals surface area contributed by atoms with Crippen LogP contribution in [0.25, 0.3) is 0 Å². The first-order valence-electron chi connectivity index (χ1n) is 6.16. The highest BCUT2D eigenvalue weighted by Gasteiger charge is 2.26. The van der Waals surface area contributed by atoms with Crippen LogP contribution in [-0.2, 0) is 9.59 Å². The summed E-state index contributed by atoms with van der Waals surface area (Å²) in [6, 6.07) is 0.431. The lowest BCUT2D eigenvalue weighted by Crippen LogP contribution is -2.36. The van der Waals surface area contributed by atoms with Gasteiger partial charge in [0.25, 0.3) is 0 Å². The number of rotatable bonds is 7. The summed E-state index contributed by atoms with van der Waals surface area (Å²) in [7, 11) is 1.93. The molecule has 5 heteroatoms. The molecule has 2 unspecified atom stereocenters. The van der Waals surface area contributed by atoms with Crippen LogP contribution in [0.15, 0.2) is 0 Å². The molecule has 1 aliphatic heterocycles. The van der Waals surface area contributed by atoms with Crippen molar-refractivity contribution in [2.24, 2.45) is 0 Å². The third-order valence-electron chi connectivity index (χ3n) is 3.30. The fraction of sp³-hybridized carbons (Fsp3) is 0.833. The van der Waals surface area contributed by atoms with Gasteiger partial charge in [0.15, 0.2) is 0 Å². The summed E-state index contributed by atoms with van der Waals surface area (Å²) < 4.78 is 0. The van der Waals surface area contributed by atoms with Crippen LogP contribution in [0.3, 0.4) is 0 Å². The minimum Gasteiger partial charge on any atom is -0.481 e. The van der Waals surface area contributed by atoms with Gasteiger partial charge in [0, 0.05) is 12.6 Å².